The Hall–Kier alpha value is -6.70. The van der Waals surface area contributed by atoms with E-state index in [0.717, 1.165) is 24.2 Å². The summed E-state index contributed by atoms with van der Waals surface area (Å²) in [6.45, 7) is 16.3. The minimum Gasteiger partial charge on any atom is -0.310 e. The smallest absolute Gasteiger partial charge is 0.0464 e. The average Bonchev–Trinajstić information content (AvgIpc) is 3.55. The van der Waals surface area contributed by atoms with Crippen molar-refractivity contribution in [3.05, 3.63) is 233 Å². The number of aryl methyl sites for hydroxylation is 2. The fraction of sp³-hybridized carbons (Fsp3) is 0.194. The van der Waals surface area contributed by atoms with Gasteiger partial charge in [-0.3, -0.25) is 0 Å². The zero-order valence-electron chi connectivity index (χ0n) is 37.8. The number of benzene rings is 9. The first-order valence-corrected chi connectivity index (χ1v) is 22.9. The number of hydrogen-bond donors (Lipinski definition) is 0. The predicted octanol–water partition coefficient (Wildman–Crippen LogP) is 17.3. The van der Waals surface area contributed by atoms with Crippen LogP contribution < -0.4 is 4.90 Å². The lowest BCUT2D eigenvalue weighted by atomic mass is 9.69. The van der Waals surface area contributed by atoms with Crippen molar-refractivity contribution in [3.8, 4) is 22.3 Å². The summed E-state index contributed by atoms with van der Waals surface area (Å²) in [4.78, 5) is 2.40. The van der Waals surface area contributed by atoms with Crippen molar-refractivity contribution in [1.29, 1.82) is 0 Å². The molecular weight excluding hydrogens is 759 g/mol. The maximum Gasteiger partial charge on any atom is 0.0464 e. The number of fused-ring (bicyclic) bond motifs is 5. The fourth-order valence-corrected chi connectivity index (χ4v) is 10.6. The Morgan fingerprint density at radius 3 is 1.60 bits per heavy atom. The lowest BCUT2D eigenvalue weighted by Gasteiger charge is -2.36. The Morgan fingerprint density at radius 1 is 0.444 bits per heavy atom. The molecule has 0 heterocycles. The van der Waals surface area contributed by atoms with Gasteiger partial charge in [0.25, 0.3) is 0 Å². The van der Waals surface area contributed by atoms with Gasteiger partial charge in [0.15, 0.2) is 0 Å². The molecule has 0 radical (unpaired) electrons. The van der Waals surface area contributed by atoms with E-state index in [0.29, 0.717) is 0 Å². The summed E-state index contributed by atoms with van der Waals surface area (Å²) in [6, 6.07) is 71.1. The molecule has 1 aliphatic rings. The third-order valence-corrected chi connectivity index (χ3v) is 14.6. The van der Waals surface area contributed by atoms with Gasteiger partial charge in [-0.05, 0) is 152 Å². The summed E-state index contributed by atoms with van der Waals surface area (Å²) >= 11 is 0. The largest absolute Gasteiger partial charge is 0.310 e. The first-order chi connectivity index (χ1) is 30.6. The summed E-state index contributed by atoms with van der Waals surface area (Å²) in [5, 5.41) is 5.10. The molecule has 9 aromatic carbocycles. The molecule has 0 saturated heterocycles. The molecule has 1 aliphatic carbocycles. The van der Waals surface area contributed by atoms with Crippen LogP contribution in [-0.2, 0) is 10.8 Å². The van der Waals surface area contributed by atoms with Gasteiger partial charge in [-0.1, -0.05) is 185 Å². The molecule has 9 aromatic rings. The molecule has 0 amide bonds. The molecule has 63 heavy (non-hydrogen) atoms. The second-order valence-electron chi connectivity index (χ2n) is 18.6. The number of rotatable bonds is 10. The van der Waals surface area contributed by atoms with Crippen molar-refractivity contribution < 1.29 is 0 Å². The predicted molar refractivity (Wildman–Crippen MR) is 270 cm³/mol. The summed E-state index contributed by atoms with van der Waals surface area (Å²) in [6.07, 6.45) is 2.01. The lowest BCUT2D eigenvalue weighted by molar-refractivity contribution is 0.477. The number of nitrogens with zero attached hydrogens (tertiary/aromatic N) is 1. The highest BCUT2D eigenvalue weighted by atomic mass is 15.1. The van der Waals surface area contributed by atoms with Gasteiger partial charge in [0.05, 0.1) is 0 Å². The van der Waals surface area contributed by atoms with E-state index in [1.54, 1.807) is 0 Å². The van der Waals surface area contributed by atoms with Crippen LogP contribution in [0, 0.1) is 13.8 Å². The lowest BCUT2D eigenvalue weighted by Crippen LogP contribution is -2.27. The molecule has 310 valence electrons. The zero-order chi connectivity index (χ0) is 43.5. The van der Waals surface area contributed by atoms with Crippen LogP contribution >= 0.6 is 0 Å². The first kappa shape index (κ1) is 40.4. The van der Waals surface area contributed by atoms with Crippen LogP contribution in [0.25, 0.3) is 43.8 Å². The van der Waals surface area contributed by atoms with E-state index in [2.05, 4.69) is 241 Å². The van der Waals surface area contributed by atoms with Crippen LogP contribution in [0.3, 0.4) is 0 Å². The standard InChI is InChI=1S/C62H57N/c1-8-62(9-2,52-15-12-16-56(39-52)63(54-29-17-41(3)18-30-54)55-31-19-42(4)20-32-55)53-28-34-58-57-33-27-46(38-59(57)61(6,7)60(58)40-53)43(5)45-22-24-50-37-51(26-25-48(50)35-45)49-23-21-44-13-10-11-14-47(44)36-49/h10-40,43H,8-9H2,1-7H3. The Balaban J connectivity index is 0.958. The normalized spacial score (nSPS) is 13.5. The van der Waals surface area contributed by atoms with Crippen molar-refractivity contribution in [2.75, 3.05) is 4.90 Å². The maximum absolute atomic E-state index is 2.56. The maximum atomic E-state index is 2.56. The molecule has 1 atom stereocenters. The van der Waals surface area contributed by atoms with Gasteiger partial charge in [0.1, 0.15) is 0 Å². The van der Waals surface area contributed by atoms with Gasteiger partial charge in [-0.25, -0.2) is 0 Å². The highest BCUT2D eigenvalue weighted by Gasteiger charge is 2.39. The van der Waals surface area contributed by atoms with Crippen LogP contribution in [0.1, 0.15) is 97.9 Å². The highest BCUT2D eigenvalue weighted by molar-refractivity contribution is 5.92. The molecule has 0 N–H and O–H groups in total. The Labute approximate surface area is 374 Å². The third kappa shape index (κ3) is 7.05. The van der Waals surface area contributed by atoms with Crippen molar-refractivity contribution in [2.45, 2.75) is 78.1 Å². The van der Waals surface area contributed by atoms with Crippen molar-refractivity contribution in [2.24, 2.45) is 0 Å². The summed E-state index contributed by atoms with van der Waals surface area (Å²) in [5.74, 6) is 0.259. The molecule has 0 bridgehead atoms. The second-order valence-corrected chi connectivity index (χ2v) is 18.6. The zero-order valence-corrected chi connectivity index (χ0v) is 37.8. The van der Waals surface area contributed by atoms with Gasteiger partial charge < -0.3 is 4.90 Å². The Kier molecular flexibility index (Phi) is 10.2. The summed E-state index contributed by atoms with van der Waals surface area (Å²) in [7, 11) is 0. The van der Waals surface area contributed by atoms with E-state index >= 15 is 0 Å². The average molecular weight is 816 g/mol. The van der Waals surface area contributed by atoms with E-state index in [1.807, 2.05) is 0 Å². The van der Waals surface area contributed by atoms with Gasteiger partial charge in [-0.2, -0.15) is 0 Å². The molecule has 1 nitrogen and oxygen atoms in total. The van der Waals surface area contributed by atoms with E-state index < -0.39 is 0 Å². The molecule has 1 heteroatoms. The molecule has 0 saturated carbocycles. The molecule has 1 unspecified atom stereocenters. The number of anilines is 3. The van der Waals surface area contributed by atoms with Crippen molar-refractivity contribution in [3.63, 3.8) is 0 Å². The molecule has 0 spiro atoms. The quantitative estimate of drug-likeness (QED) is 0.133. The van der Waals surface area contributed by atoms with Gasteiger partial charge in [0, 0.05) is 33.8 Å². The monoisotopic (exact) mass is 815 g/mol. The first-order valence-electron chi connectivity index (χ1n) is 22.9. The minimum absolute atomic E-state index is 0.137. The highest BCUT2D eigenvalue weighted by Crippen LogP contribution is 2.52. The van der Waals surface area contributed by atoms with Crippen LogP contribution in [0.2, 0.25) is 0 Å². The number of hydrogen-bond acceptors (Lipinski definition) is 1. The van der Waals surface area contributed by atoms with Crippen LogP contribution in [0.15, 0.2) is 188 Å². The summed E-state index contributed by atoms with van der Waals surface area (Å²) in [5.41, 5.74) is 19.3. The van der Waals surface area contributed by atoms with E-state index in [-0.39, 0.29) is 16.7 Å². The summed E-state index contributed by atoms with van der Waals surface area (Å²) < 4.78 is 0. The van der Waals surface area contributed by atoms with Gasteiger partial charge >= 0.3 is 0 Å². The molecular formula is C62H57N. The van der Waals surface area contributed by atoms with Crippen LogP contribution in [-0.4, -0.2) is 0 Å². The fourth-order valence-electron chi connectivity index (χ4n) is 10.6. The van der Waals surface area contributed by atoms with Gasteiger partial charge in [0.2, 0.25) is 0 Å². The van der Waals surface area contributed by atoms with Crippen LogP contribution in [0.4, 0.5) is 17.1 Å². The van der Waals surface area contributed by atoms with Crippen molar-refractivity contribution >= 4 is 38.6 Å². The van der Waals surface area contributed by atoms with E-state index in [9.17, 15) is 0 Å². The van der Waals surface area contributed by atoms with Gasteiger partial charge in [-0.15, -0.1) is 0 Å². The second kappa shape index (κ2) is 15.9. The SMILES string of the molecule is CCC(CC)(c1cccc(N(c2ccc(C)cc2)c2ccc(C)cc2)c1)c1ccc2c(c1)C(C)(C)c1cc(C(C)c3ccc4cc(-c5ccc6ccccc6c5)ccc4c3)ccc1-2. The Bertz CT molecular complexity index is 3100. The minimum atomic E-state index is -0.145. The van der Waals surface area contributed by atoms with Crippen LogP contribution in [0.5, 0.6) is 0 Å². The van der Waals surface area contributed by atoms with E-state index in [4.69, 9.17) is 0 Å². The molecule has 0 fully saturated rings. The Morgan fingerprint density at radius 2 is 0.952 bits per heavy atom. The molecule has 0 aliphatic heterocycles. The third-order valence-electron chi connectivity index (χ3n) is 14.6. The topological polar surface area (TPSA) is 3.24 Å². The molecule has 10 rings (SSSR count). The van der Waals surface area contributed by atoms with Crippen molar-refractivity contribution in [1.82, 2.24) is 0 Å². The molecule has 0 aromatic heterocycles. The van der Waals surface area contributed by atoms with E-state index in [1.165, 1.54) is 94.0 Å².